The molecule has 0 aliphatic heterocycles. The van der Waals surface area contributed by atoms with Crippen molar-refractivity contribution in [1.82, 2.24) is 4.98 Å². The minimum Gasteiger partial charge on any atom is -0.493 e. The molecule has 0 saturated heterocycles. The number of benzene rings is 2. The average molecular weight is 351 g/mol. The van der Waals surface area contributed by atoms with Crippen molar-refractivity contribution in [3.8, 4) is 23.0 Å². The zero-order valence-corrected chi connectivity index (χ0v) is 15.6. The summed E-state index contributed by atoms with van der Waals surface area (Å²) < 4.78 is 16.9. The molecule has 0 unspecified atom stereocenters. The summed E-state index contributed by atoms with van der Waals surface area (Å²) in [6.07, 6.45) is 6.59. The van der Waals surface area contributed by atoms with Gasteiger partial charge in [0.05, 0.1) is 19.7 Å². The number of ether oxygens (including phenoxy) is 3. The van der Waals surface area contributed by atoms with Crippen LogP contribution in [-0.4, -0.2) is 19.2 Å². The van der Waals surface area contributed by atoms with Gasteiger partial charge in [0, 0.05) is 17.6 Å². The third-order valence-corrected chi connectivity index (χ3v) is 4.43. The minimum atomic E-state index is 0.654. The molecule has 0 aliphatic carbocycles. The van der Waals surface area contributed by atoms with Crippen molar-refractivity contribution in [2.45, 2.75) is 32.6 Å². The van der Waals surface area contributed by atoms with E-state index in [-0.39, 0.29) is 0 Å². The predicted octanol–water partition coefficient (Wildman–Crippen LogP) is 5.78. The van der Waals surface area contributed by atoms with Crippen LogP contribution < -0.4 is 14.2 Å². The highest BCUT2D eigenvalue weighted by Crippen LogP contribution is 2.36. The smallest absolute Gasteiger partial charge is 0.162 e. The molecule has 3 rings (SSSR count). The molecule has 0 atom stereocenters. The standard InChI is InChI=1S/C22H25NO3/c1-4-5-6-7-16-8-10-17(11-9-16)26-20-12-13-23-19-15-22(25-3)21(24-2)14-18(19)20/h8-15H,4-7H2,1-3H3. The van der Waals surface area contributed by atoms with Gasteiger partial charge in [-0.25, -0.2) is 0 Å². The van der Waals surface area contributed by atoms with E-state index in [0.29, 0.717) is 11.5 Å². The second-order valence-electron chi connectivity index (χ2n) is 6.24. The van der Waals surface area contributed by atoms with Crippen LogP contribution in [0.4, 0.5) is 0 Å². The Morgan fingerprint density at radius 3 is 2.27 bits per heavy atom. The molecule has 0 bridgehead atoms. The lowest BCUT2D eigenvalue weighted by Gasteiger charge is -2.12. The Hall–Kier alpha value is -2.75. The van der Waals surface area contributed by atoms with Crippen molar-refractivity contribution in [1.29, 1.82) is 0 Å². The van der Waals surface area contributed by atoms with Gasteiger partial charge in [0.15, 0.2) is 11.5 Å². The van der Waals surface area contributed by atoms with Crippen LogP contribution in [0.3, 0.4) is 0 Å². The fraction of sp³-hybridized carbons (Fsp3) is 0.318. The summed E-state index contributed by atoms with van der Waals surface area (Å²) in [5.41, 5.74) is 2.15. The summed E-state index contributed by atoms with van der Waals surface area (Å²) in [6, 6.07) is 13.9. The number of pyridine rings is 1. The Bertz CT molecular complexity index is 859. The molecule has 0 radical (unpaired) electrons. The Morgan fingerprint density at radius 2 is 1.58 bits per heavy atom. The van der Waals surface area contributed by atoms with E-state index in [9.17, 15) is 0 Å². The van der Waals surface area contributed by atoms with E-state index in [4.69, 9.17) is 14.2 Å². The van der Waals surface area contributed by atoms with Gasteiger partial charge < -0.3 is 14.2 Å². The first-order chi connectivity index (χ1) is 12.7. The monoisotopic (exact) mass is 351 g/mol. The first-order valence-corrected chi connectivity index (χ1v) is 9.02. The van der Waals surface area contributed by atoms with E-state index in [1.165, 1.54) is 24.8 Å². The van der Waals surface area contributed by atoms with Crippen molar-refractivity contribution in [3.63, 3.8) is 0 Å². The first kappa shape index (κ1) is 18.1. The summed E-state index contributed by atoms with van der Waals surface area (Å²) >= 11 is 0. The van der Waals surface area contributed by atoms with E-state index in [1.54, 1.807) is 20.4 Å². The van der Waals surface area contributed by atoms with Gasteiger partial charge in [-0.2, -0.15) is 0 Å². The summed E-state index contributed by atoms with van der Waals surface area (Å²) in [5.74, 6) is 2.87. The van der Waals surface area contributed by atoms with Gasteiger partial charge in [-0.15, -0.1) is 0 Å². The van der Waals surface area contributed by atoms with Crippen molar-refractivity contribution >= 4 is 10.9 Å². The lowest BCUT2D eigenvalue weighted by molar-refractivity contribution is 0.355. The van der Waals surface area contributed by atoms with Gasteiger partial charge in [-0.1, -0.05) is 31.9 Å². The SMILES string of the molecule is CCCCCc1ccc(Oc2ccnc3cc(OC)c(OC)cc23)cc1. The molecule has 0 N–H and O–H groups in total. The molecule has 0 spiro atoms. The third-order valence-electron chi connectivity index (χ3n) is 4.43. The fourth-order valence-corrected chi connectivity index (χ4v) is 2.97. The van der Waals surface area contributed by atoms with E-state index in [0.717, 1.165) is 28.8 Å². The number of methoxy groups -OCH3 is 2. The molecule has 0 saturated carbocycles. The van der Waals surface area contributed by atoms with Gasteiger partial charge in [-0.3, -0.25) is 4.98 Å². The van der Waals surface area contributed by atoms with E-state index < -0.39 is 0 Å². The average Bonchev–Trinajstić information content (AvgIpc) is 2.68. The van der Waals surface area contributed by atoms with Crippen LogP contribution in [0.2, 0.25) is 0 Å². The second-order valence-corrected chi connectivity index (χ2v) is 6.24. The number of aryl methyl sites for hydroxylation is 1. The molecule has 0 aliphatic rings. The molecule has 3 aromatic rings. The maximum absolute atomic E-state index is 6.11. The largest absolute Gasteiger partial charge is 0.493 e. The van der Waals surface area contributed by atoms with Crippen LogP contribution in [0.25, 0.3) is 10.9 Å². The van der Waals surface area contributed by atoms with Gasteiger partial charge in [0.1, 0.15) is 11.5 Å². The number of nitrogens with zero attached hydrogens (tertiary/aromatic N) is 1. The van der Waals surface area contributed by atoms with Crippen molar-refractivity contribution < 1.29 is 14.2 Å². The Morgan fingerprint density at radius 1 is 0.846 bits per heavy atom. The Balaban J connectivity index is 1.84. The second kappa shape index (κ2) is 8.56. The van der Waals surface area contributed by atoms with Crippen LogP contribution in [-0.2, 0) is 6.42 Å². The number of hydrogen-bond donors (Lipinski definition) is 0. The van der Waals surface area contributed by atoms with Crippen molar-refractivity contribution in [2.75, 3.05) is 14.2 Å². The molecule has 1 aromatic heterocycles. The number of hydrogen-bond acceptors (Lipinski definition) is 4. The summed E-state index contributed by atoms with van der Waals surface area (Å²) in [6.45, 7) is 2.22. The Kier molecular flexibility index (Phi) is 5.95. The lowest BCUT2D eigenvalue weighted by Crippen LogP contribution is -1.93. The molecule has 1 heterocycles. The third kappa shape index (κ3) is 4.07. The normalized spacial score (nSPS) is 10.7. The van der Waals surface area contributed by atoms with Crippen molar-refractivity contribution in [3.05, 3.63) is 54.2 Å². The Labute approximate surface area is 154 Å². The minimum absolute atomic E-state index is 0.654. The molecule has 26 heavy (non-hydrogen) atoms. The molecular formula is C22H25NO3. The molecule has 0 fully saturated rings. The maximum Gasteiger partial charge on any atom is 0.162 e. The van der Waals surface area contributed by atoms with E-state index >= 15 is 0 Å². The highest BCUT2D eigenvalue weighted by molar-refractivity contribution is 5.88. The fourth-order valence-electron chi connectivity index (χ4n) is 2.97. The number of fused-ring (bicyclic) bond motifs is 1. The molecular weight excluding hydrogens is 326 g/mol. The van der Waals surface area contributed by atoms with Gasteiger partial charge >= 0.3 is 0 Å². The molecule has 4 heteroatoms. The van der Waals surface area contributed by atoms with Gasteiger partial charge in [-0.05, 0) is 42.7 Å². The lowest BCUT2D eigenvalue weighted by atomic mass is 10.1. The summed E-state index contributed by atoms with van der Waals surface area (Å²) in [7, 11) is 3.24. The maximum atomic E-state index is 6.11. The molecule has 2 aromatic carbocycles. The van der Waals surface area contributed by atoms with Crippen LogP contribution in [0.15, 0.2) is 48.7 Å². The topological polar surface area (TPSA) is 40.6 Å². The van der Waals surface area contributed by atoms with Gasteiger partial charge in [0.25, 0.3) is 0 Å². The molecule has 4 nitrogen and oxygen atoms in total. The highest BCUT2D eigenvalue weighted by atomic mass is 16.5. The van der Waals surface area contributed by atoms with Gasteiger partial charge in [0.2, 0.25) is 0 Å². The van der Waals surface area contributed by atoms with E-state index in [2.05, 4.69) is 24.0 Å². The van der Waals surface area contributed by atoms with Crippen LogP contribution in [0, 0.1) is 0 Å². The van der Waals surface area contributed by atoms with Crippen LogP contribution >= 0.6 is 0 Å². The van der Waals surface area contributed by atoms with Crippen LogP contribution in [0.1, 0.15) is 31.7 Å². The predicted molar refractivity (Wildman–Crippen MR) is 105 cm³/mol. The summed E-state index contributed by atoms with van der Waals surface area (Å²) in [5, 5.41) is 0.886. The first-order valence-electron chi connectivity index (χ1n) is 9.02. The number of rotatable bonds is 8. The van der Waals surface area contributed by atoms with Crippen molar-refractivity contribution in [2.24, 2.45) is 0 Å². The summed E-state index contributed by atoms with van der Waals surface area (Å²) in [4.78, 5) is 4.41. The molecule has 0 amide bonds. The number of unbranched alkanes of at least 4 members (excludes halogenated alkanes) is 2. The van der Waals surface area contributed by atoms with Crippen LogP contribution in [0.5, 0.6) is 23.0 Å². The number of aromatic nitrogens is 1. The highest BCUT2D eigenvalue weighted by Gasteiger charge is 2.11. The molecule has 136 valence electrons. The zero-order chi connectivity index (χ0) is 18.4. The van der Waals surface area contributed by atoms with E-state index in [1.807, 2.05) is 30.3 Å². The quantitative estimate of drug-likeness (QED) is 0.483. The zero-order valence-electron chi connectivity index (χ0n) is 15.6.